The number of carbonyl (C=O) groups is 2. The highest BCUT2D eigenvalue weighted by Gasteiger charge is 2.29. The lowest BCUT2D eigenvalue weighted by molar-refractivity contribution is -0.147. The Labute approximate surface area is 222 Å². The van der Waals surface area contributed by atoms with Gasteiger partial charge in [0.1, 0.15) is 12.6 Å². The number of hydrogen-bond donors (Lipinski definition) is 2. The van der Waals surface area contributed by atoms with Crippen LogP contribution in [0.1, 0.15) is 23.5 Å². The Kier molecular flexibility index (Phi) is 13.2. The van der Waals surface area contributed by atoms with Crippen molar-refractivity contribution in [1.29, 1.82) is 0 Å². The van der Waals surface area contributed by atoms with Gasteiger partial charge in [0.05, 0.1) is 72.5 Å². The summed E-state index contributed by atoms with van der Waals surface area (Å²) in [7, 11) is 0. The molecule has 0 aromatic heterocycles. The van der Waals surface area contributed by atoms with Crippen LogP contribution in [0.25, 0.3) is 11.1 Å². The fourth-order valence-corrected chi connectivity index (χ4v) is 4.03. The van der Waals surface area contributed by atoms with E-state index in [0.29, 0.717) is 52.9 Å². The zero-order chi connectivity index (χ0) is 27.0. The molecule has 0 radical (unpaired) electrons. The summed E-state index contributed by atoms with van der Waals surface area (Å²) in [5, 5.41) is 8.49. The molecule has 1 aliphatic carbocycles. The van der Waals surface area contributed by atoms with Crippen LogP contribution in [0, 0.1) is 0 Å². The van der Waals surface area contributed by atoms with Crippen LogP contribution in [-0.2, 0) is 38.0 Å². The lowest BCUT2D eigenvalue weighted by Gasteiger charge is -2.16. The van der Waals surface area contributed by atoms with Crippen LogP contribution in [0.4, 0.5) is 0 Å². The molecule has 10 nitrogen and oxygen atoms in total. The van der Waals surface area contributed by atoms with Gasteiger partial charge in [-0.05, 0) is 22.3 Å². The van der Waals surface area contributed by atoms with Gasteiger partial charge in [-0.3, -0.25) is 9.59 Å². The third kappa shape index (κ3) is 9.79. The third-order valence-electron chi connectivity index (χ3n) is 5.90. The predicted octanol–water partition coefficient (Wildman–Crippen LogP) is 2.23. The molecule has 3 N–H and O–H groups in total. The van der Waals surface area contributed by atoms with Gasteiger partial charge >= 0.3 is 11.9 Å². The normalized spacial score (nSPS) is 13.2. The van der Waals surface area contributed by atoms with Crippen molar-refractivity contribution < 1.29 is 43.1 Å². The number of esters is 1. The highest BCUT2D eigenvalue weighted by molar-refractivity contribution is 5.79. The summed E-state index contributed by atoms with van der Waals surface area (Å²) in [4.78, 5) is 22.7. The average Bonchev–Trinajstić information content (AvgIpc) is 3.24. The highest BCUT2D eigenvalue weighted by atomic mass is 16.6. The number of carboxylic acid groups (broad SMARTS) is 1. The molecule has 0 unspecified atom stereocenters. The van der Waals surface area contributed by atoms with Crippen LogP contribution in [0.15, 0.2) is 48.5 Å². The van der Waals surface area contributed by atoms with Gasteiger partial charge in [0, 0.05) is 5.92 Å². The van der Waals surface area contributed by atoms with Crippen molar-refractivity contribution in [3.63, 3.8) is 0 Å². The average molecular weight is 532 g/mol. The largest absolute Gasteiger partial charge is 0.481 e. The van der Waals surface area contributed by atoms with Crippen molar-refractivity contribution in [2.45, 2.75) is 18.4 Å². The van der Waals surface area contributed by atoms with E-state index in [-0.39, 0.29) is 32.2 Å². The minimum Gasteiger partial charge on any atom is -0.481 e. The molecule has 0 saturated heterocycles. The van der Waals surface area contributed by atoms with Gasteiger partial charge < -0.3 is 39.3 Å². The number of aliphatic carboxylic acids is 1. The van der Waals surface area contributed by atoms with Gasteiger partial charge in [0.2, 0.25) is 0 Å². The monoisotopic (exact) mass is 531 g/mol. The maximum absolute atomic E-state index is 12.4. The molecule has 2 aromatic rings. The smallest absolute Gasteiger partial charge is 0.325 e. The number of nitrogens with two attached hydrogens (primary N) is 1. The summed E-state index contributed by atoms with van der Waals surface area (Å²) >= 11 is 0. The van der Waals surface area contributed by atoms with Gasteiger partial charge in [-0.2, -0.15) is 0 Å². The molecular formula is C28H37NO9. The number of rotatable bonds is 20. The molecule has 2 aromatic carbocycles. The van der Waals surface area contributed by atoms with E-state index in [2.05, 4.69) is 24.3 Å². The molecule has 0 fully saturated rings. The minimum absolute atomic E-state index is 0.00823. The number of fused-ring (bicyclic) bond motifs is 3. The molecule has 0 bridgehead atoms. The van der Waals surface area contributed by atoms with Crippen LogP contribution in [0.3, 0.4) is 0 Å². The number of hydrogen-bond acceptors (Lipinski definition) is 9. The summed E-state index contributed by atoms with van der Waals surface area (Å²) in [6.07, 6.45) is -0.0144. The Bertz CT molecular complexity index is 954. The van der Waals surface area contributed by atoms with Crippen LogP contribution in [0.2, 0.25) is 0 Å². The summed E-state index contributed by atoms with van der Waals surface area (Å²) in [5.74, 6) is -1.38. The van der Waals surface area contributed by atoms with E-state index in [9.17, 15) is 9.59 Å². The topological polar surface area (TPSA) is 136 Å². The number of ether oxygens (including phenoxy) is 6. The molecule has 0 aliphatic heterocycles. The van der Waals surface area contributed by atoms with Crippen LogP contribution in [0.5, 0.6) is 0 Å². The molecule has 0 saturated carbocycles. The fourth-order valence-electron chi connectivity index (χ4n) is 4.03. The van der Waals surface area contributed by atoms with Gasteiger partial charge in [-0.15, -0.1) is 0 Å². The molecule has 0 heterocycles. The van der Waals surface area contributed by atoms with Crippen molar-refractivity contribution in [3.8, 4) is 11.1 Å². The first-order chi connectivity index (χ1) is 18.6. The molecule has 1 atom stereocenters. The lowest BCUT2D eigenvalue weighted by atomic mass is 9.98. The quantitative estimate of drug-likeness (QED) is 0.193. The van der Waals surface area contributed by atoms with Crippen molar-refractivity contribution in [3.05, 3.63) is 59.7 Å². The van der Waals surface area contributed by atoms with E-state index in [4.69, 9.17) is 39.3 Å². The zero-order valence-corrected chi connectivity index (χ0v) is 21.5. The SMILES string of the molecule is N[C@@H](COCCOCCOCCOCCOCCC(=O)O)C(=O)OCC1c2ccccc2-c2ccccc21. The summed E-state index contributed by atoms with van der Waals surface area (Å²) in [6.45, 7) is 3.50. The molecule has 10 heteroatoms. The Hall–Kier alpha value is -2.86. The Morgan fingerprint density at radius 2 is 1.16 bits per heavy atom. The molecule has 3 rings (SSSR count). The third-order valence-corrected chi connectivity index (χ3v) is 5.90. The Morgan fingerprint density at radius 3 is 1.66 bits per heavy atom. The van der Waals surface area contributed by atoms with Gasteiger partial charge in [-0.1, -0.05) is 48.5 Å². The molecule has 0 spiro atoms. The van der Waals surface area contributed by atoms with E-state index >= 15 is 0 Å². The molecule has 0 amide bonds. The van der Waals surface area contributed by atoms with E-state index in [0.717, 1.165) is 11.1 Å². The van der Waals surface area contributed by atoms with Crippen molar-refractivity contribution in [1.82, 2.24) is 0 Å². The number of benzene rings is 2. The van der Waals surface area contributed by atoms with Crippen molar-refractivity contribution >= 4 is 11.9 Å². The standard InChI is InChI=1S/C28H37NO9/c29-26(20-37-18-17-36-16-15-35-14-13-34-12-11-33-10-9-27(30)31)28(32)38-19-25-23-7-3-1-5-21(23)22-6-2-4-8-24(22)25/h1-8,25-26H,9-20,29H2,(H,30,31)/t26-/m0/s1. The van der Waals surface area contributed by atoms with E-state index in [1.165, 1.54) is 11.1 Å². The molecule has 208 valence electrons. The Morgan fingerprint density at radius 1 is 0.711 bits per heavy atom. The van der Waals surface area contributed by atoms with Gasteiger partial charge in [0.25, 0.3) is 0 Å². The summed E-state index contributed by atoms with van der Waals surface area (Å²) < 4.78 is 32.3. The van der Waals surface area contributed by atoms with Crippen molar-refractivity contribution in [2.75, 3.05) is 72.7 Å². The second-order valence-electron chi connectivity index (χ2n) is 8.63. The highest BCUT2D eigenvalue weighted by Crippen LogP contribution is 2.44. The number of carboxylic acids is 1. The maximum Gasteiger partial charge on any atom is 0.325 e. The zero-order valence-electron chi connectivity index (χ0n) is 21.5. The second-order valence-corrected chi connectivity index (χ2v) is 8.63. The summed E-state index contributed by atoms with van der Waals surface area (Å²) in [5.41, 5.74) is 10.6. The van der Waals surface area contributed by atoms with E-state index in [1.54, 1.807) is 0 Å². The first-order valence-electron chi connectivity index (χ1n) is 12.8. The van der Waals surface area contributed by atoms with Crippen molar-refractivity contribution in [2.24, 2.45) is 5.73 Å². The molecular weight excluding hydrogens is 494 g/mol. The maximum atomic E-state index is 12.4. The number of carbonyl (C=O) groups excluding carboxylic acids is 1. The van der Waals surface area contributed by atoms with E-state index < -0.39 is 18.0 Å². The molecule has 38 heavy (non-hydrogen) atoms. The summed E-state index contributed by atoms with van der Waals surface area (Å²) in [6, 6.07) is 15.5. The van der Waals surface area contributed by atoms with Gasteiger partial charge in [-0.25, -0.2) is 0 Å². The lowest BCUT2D eigenvalue weighted by Crippen LogP contribution is -2.37. The van der Waals surface area contributed by atoms with Crippen LogP contribution < -0.4 is 5.73 Å². The second kappa shape index (κ2) is 16.9. The molecule has 1 aliphatic rings. The van der Waals surface area contributed by atoms with Crippen LogP contribution in [-0.4, -0.2) is 95.8 Å². The minimum atomic E-state index is -0.884. The first kappa shape index (κ1) is 29.7. The predicted molar refractivity (Wildman–Crippen MR) is 139 cm³/mol. The Balaban J connectivity index is 1.17. The van der Waals surface area contributed by atoms with Crippen LogP contribution >= 0.6 is 0 Å². The fraction of sp³-hybridized carbons (Fsp3) is 0.500. The van der Waals surface area contributed by atoms with Gasteiger partial charge in [0.15, 0.2) is 0 Å². The van der Waals surface area contributed by atoms with E-state index in [1.807, 2.05) is 24.3 Å². The first-order valence-corrected chi connectivity index (χ1v) is 12.8.